The minimum Gasteiger partial charge on any atom is -0.452 e. The first-order chi connectivity index (χ1) is 15.3. The van der Waals surface area contributed by atoms with Crippen LogP contribution in [0.1, 0.15) is 76.6 Å². The van der Waals surface area contributed by atoms with Gasteiger partial charge in [-0.05, 0) is 78.4 Å². The molecule has 0 radical (unpaired) electrons. The van der Waals surface area contributed by atoms with Gasteiger partial charge in [-0.25, -0.2) is 4.79 Å². The van der Waals surface area contributed by atoms with Crippen molar-refractivity contribution >= 4 is 29.5 Å². The molecule has 0 aromatic heterocycles. The highest BCUT2D eigenvalue weighted by atomic mass is 32.2. The van der Waals surface area contributed by atoms with Crippen LogP contribution in [0, 0.1) is 0 Å². The maximum Gasteiger partial charge on any atom is 0.339 e. The molecule has 0 N–H and O–H groups in total. The summed E-state index contributed by atoms with van der Waals surface area (Å²) in [5.41, 5.74) is 0.401. The van der Waals surface area contributed by atoms with E-state index in [1.807, 2.05) is 35.8 Å². The van der Waals surface area contributed by atoms with Crippen molar-refractivity contribution in [2.45, 2.75) is 95.3 Å². The molecule has 2 aliphatic rings. The lowest BCUT2D eigenvalue weighted by molar-refractivity contribution is -0.140. The second-order valence-electron chi connectivity index (χ2n) is 9.22. The van der Waals surface area contributed by atoms with E-state index in [-0.39, 0.29) is 48.3 Å². The fourth-order valence-electron chi connectivity index (χ4n) is 5.08. The lowest BCUT2D eigenvalue weighted by atomic mass is 9.97. The number of nitrogens with zero attached hydrogens (tertiary/aromatic N) is 2. The first-order valence-electron chi connectivity index (χ1n) is 11.8. The molecule has 176 valence electrons. The Morgan fingerprint density at radius 2 is 1.34 bits per heavy atom. The number of esters is 1. The van der Waals surface area contributed by atoms with E-state index in [1.165, 1.54) is 11.8 Å². The zero-order valence-electron chi connectivity index (χ0n) is 19.7. The molecule has 0 spiro atoms. The molecule has 2 amide bonds. The average Bonchev–Trinajstić information content (AvgIpc) is 2.76. The highest BCUT2D eigenvalue weighted by Gasteiger charge is 2.30. The molecular formula is C25H36N2O4S. The lowest BCUT2D eigenvalue weighted by Crippen LogP contribution is -2.49. The van der Waals surface area contributed by atoms with E-state index < -0.39 is 5.97 Å². The van der Waals surface area contributed by atoms with E-state index in [2.05, 4.69) is 13.8 Å². The van der Waals surface area contributed by atoms with Crippen molar-refractivity contribution in [1.29, 1.82) is 0 Å². The fourth-order valence-corrected chi connectivity index (χ4v) is 5.99. The zero-order valence-corrected chi connectivity index (χ0v) is 20.5. The third-order valence-corrected chi connectivity index (χ3v) is 7.81. The molecule has 0 unspecified atom stereocenters. The molecule has 2 saturated heterocycles. The van der Waals surface area contributed by atoms with Gasteiger partial charge >= 0.3 is 5.97 Å². The van der Waals surface area contributed by atoms with Crippen molar-refractivity contribution in [3.8, 4) is 0 Å². The molecule has 6 nitrogen and oxygen atoms in total. The van der Waals surface area contributed by atoms with Crippen molar-refractivity contribution in [3.05, 3.63) is 29.8 Å². The summed E-state index contributed by atoms with van der Waals surface area (Å²) < 4.78 is 5.40. The Balaban J connectivity index is 1.59. The Bertz CT molecular complexity index is 810. The van der Waals surface area contributed by atoms with Crippen molar-refractivity contribution in [1.82, 2.24) is 9.80 Å². The highest BCUT2D eigenvalue weighted by molar-refractivity contribution is 8.00. The minimum atomic E-state index is -0.522. The number of thioether (sulfide) groups is 1. The van der Waals surface area contributed by atoms with Crippen molar-refractivity contribution < 1.29 is 19.1 Å². The molecule has 2 aliphatic heterocycles. The molecule has 0 saturated carbocycles. The van der Waals surface area contributed by atoms with Gasteiger partial charge in [0.1, 0.15) is 0 Å². The summed E-state index contributed by atoms with van der Waals surface area (Å²) in [6.45, 7) is 8.04. The molecule has 1 aromatic rings. The number of carbonyl (C=O) groups is 3. The average molecular weight is 461 g/mol. The van der Waals surface area contributed by atoms with E-state index in [0.29, 0.717) is 10.5 Å². The Morgan fingerprint density at radius 3 is 1.91 bits per heavy atom. The lowest BCUT2D eigenvalue weighted by Gasteiger charge is -2.39. The third kappa shape index (κ3) is 5.85. The number of amides is 2. The molecule has 32 heavy (non-hydrogen) atoms. The van der Waals surface area contributed by atoms with Gasteiger partial charge in [0.25, 0.3) is 5.91 Å². The monoisotopic (exact) mass is 460 g/mol. The van der Waals surface area contributed by atoms with Crippen LogP contribution in [0.2, 0.25) is 0 Å². The first kappa shape index (κ1) is 24.6. The van der Waals surface area contributed by atoms with Gasteiger partial charge < -0.3 is 14.5 Å². The summed E-state index contributed by atoms with van der Waals surface area (Å²) >= 11 is 1.36. The number of hydrogen-bond donors (Lipinski definition) is 0. The standard InChI is InChI=1S/C25H36N2O4S/c1-17-9-7-10-18(2)26(17)23(28)15-31-25(30)21-13-5-6-14-22(21)32-16-24(29)27-19(3)11-8-12-20(27)4/h5-6,13-14,17-20H,7-12,15-16H2,1-4H3/t17-,18-,19-,20+/m1/s1. The normalized spacial score (nSPS) is 26.0. The smallest absolute Gasteiger partial charge is 0.339 e. The zero-order chi connectivity index (χ0) is 23.3. The molecule has 2 heterocycles. The SMILES string of the molecule is C[C@@H]1CCC[C@@H](C)N1C(=O)COC(=O)c1ccccc1SCC(=O)N1[C@H](C)CCC[C@@H]1C. The van der Waals surface area contributed by atoms with Gasteiger partial charge in [-0.1, -0.05) is 12.1 Å². The van der Waals surface area contributed by atoms with Gasteiger partial charge in [0.15, 0.2) is 6.61 Å². The summed E-state index contributed by atoms with van der Waals surface area (Å²) in [7, 11) is 0. The van der Waals surface area contributed by atoms with Crippen LogP contribution in [-0.2, 0) is 14.3 Å². The Hall–Kier alpha value is -2.02. The maximum atomic E-state index is 12.9. The Labute approximate surface area is 196 Å². The van der Waals surface area contributed by atoms with Crippen LogP contribution in [0.15, 0.2) is 29.2 Å². The van der Waals surface area contributed by atoms with Crippen LogP contribution in [0.3, 0.4) is 0 Å². The number of rotatable bonds is 6. The molecule has 1 aromatic carbocycles. The number of carbonyl (C=O) groups excluding carboxylic acids is 3. The summed E-state index contributed by atoms with van der Waals surface area (Å²) in [5, 5.41) is 0. The molecule has 0 aliphatic carbocycles. The topological polar surface area (TPSA) is 66.9 Å². The molecular weight excluding hydrogens is 424 g/mol. The second-order valence-corrected chi connectivity index (χ2v) is 10.2. The minimum absolute atomic E-state index is 0.0983. The summed E-state index contributed by atoms with van der Waals surface area (Å²) in [6.07, 6.45) is 6.29. The molecule has 4 atom stereocenters. The number of hydrogen-bond acceptors (Lipinski definition) is 5. The number of likely N-dealkylation sites (tertiary alicyclic amines) is 2. The fraction of sp³-hybridized carbons (Fsp3) is 0.640. The van der Waals surface area contributed by atoms with Gasteiger partial charge in [0, 0.05) is 29.1 Å². The van der Waals surface area contributed by atoms with Crippen molar-refractivity contribution in [2.75, 3.05) is 12.4 Å². The van der Waals surface area contributed by atoms with Crippen molar-refractivity contribution in [3.63, 3.8) is 0 Å². The molecule has 3 rings (SSSR count). The van der Waals surface area contributed by atoms with Gasteiger partial charge in [-0.15, -0.1) is 11.8 Å². The van der Waals surface area contributed by atoms with Crippen LogP contribution in [0.25, 0.3) is 0 Å². The van der Waals surface area contributed by atoms with Crippen LogP contribution in [0.4, 0.5) is 0 Å². The van der Waals surface area contributed by atoms with Gasteiger partial charge in [0.05, 0.1) is 11.3 Å². The predicted octanol–water partition coefficient (Wildman–Crippen LogP) is 4.51. The van der Waals surface area contributed by atoms with Crippen LogP contribution >= 0.6 is 11.8 Å². The summed E-state index contributed by atoms with van der Waals surface area (Å²) in [6, 6.07) is 7.96. The van der Waals surface area contributed by atoms with E-state index in [4.69, 9.17) is 4.74 Å². The van der Waals surface area contributed by atoms with Gasteiger partial charge in [-0.3, -0.25) is 9.59 Å². The quantitative estimate of drug-likeness (QED) is 0.461. The molecule has 7 heteroatoms. The van der Waals surface area contributed by atoms with Crippen molar-refractivity contribution in [2.24, 2.45) is 0 Å². The van der Waals surface area contributed by atoms with Gasteiger partial charge in [-0.2, -0.15) is 0 Å². The number of ether oxygens (including phenoxy) is 1. The maximum absolute atomic E-state index is 12.9. The van der Waals surface area contributed by atoms with E-state index in [1.54, 1.807) is 12.1 Å². The second kappa shape index (κ2) is 11.2. The highest BCUT2D eigenvalue weighted by Crippen LogP contribution is 2.28. The third-order valence-electron chi connectivity index (χ3n) is 6.75. The molecule has 0 bridgehead atoms. The number of piperidine rings is 2. The summed E-state index contributed by atoms with van der Waals surface area (Å²) in [4.78, 5) is 42.8. The summed E-state index contributed by atoms with van der Waals surface area (Å²) in [5.74, 6) is -0.292. The largest absolute Gasteiger partial charge is 0.452 e. The van der Waals surface area contributed by atoms with Crippen LogP contribution < -0.4 is 0 Å². The predicted molar refractivity (Wildman–Crippen MR) is 127 cm³/mol. The van der Waals surface area contributed by atoms with E-state index >= 15 is 0 Å². The number of benzene rings is 1. The van der Waals surface area contributed by atoms with Crippen LogP contribution in [-0.4, -0.2) is 64.1 Å². The van der Waals surface area contributed by atoms with E-state index in [9.17, 15) is 14.4 Å². The Morgan fingerprint density at radius 1 is 0.844 bits per heavy atom. The van der Waals surface area contributed by atoms with E-state index in [0.717, 1.165) is 38.5 Å². The van der Waals surface area contributed by atoms with Crippen LogP contribution in [0.5, 0.6) is 0 Å². The Kier molecular flexibility index (Phi) is 8.63. The first-order valence-corrected chi connectivity index (χ1v) is 12.8. The van der Waals surface area contributed by atoms with Gasteiger partial charge in [0.2, 0.25) is 5.91 Å². The molecule has 2 fully saturated rings.